The van der Waals surface area contributed by atoms with Crippen molar-refractivity contribution in [3.63, 3.8) is 0 Å². The second-order valence-corrected chi connectivity index (χ2v) is 7.10. The van der Waals surface area contributed by atoms with Gasteiger partial charge in [-0.2, -0.15) is 0 Å². The minimum absolute atomic E-state index is 0.00525. The predicted molar refractivity (Wildman–Crippen MR) is 86.1 cm³/mol. The molecule has 2 N–H and O–H groups in total. The zero-order chi connectivity index (χ0) is 17.4. The summed E-state index contributed by atoms with van der Waals surface area (Å²) in [6.45, 7) is 4.06. The number of rotatable bonds is 5. The number of likely N-dealkylation sites (tertiary alicyclic amines) is 1. The average Bonchev–Trinajstić information content (AvgIpc) is 3.15. The van der Waals surface area contributed by atoms with Crippen LogP contribution in [0.5, 0.6) is 0 Å². The summed E-state index contributed by atoms with van der Waals surface area (Å²) < 4.78 is 1.62. The summed E-state index contributed by atoms with van der Waals surface area (Å²) in [4.78, 5) is 26.6. The van der Waals surface area contributed by atoms with Crippen LogP contribution in [0.4, 0.5) is 0 Å². The van der Waals surface area contributed by atoms with Gasteiger partial charge in [-0.15, -0.1) is 5.10 Å². The van der Waals surface area contributed by atoms with Gasteiger partial charge in [0.25, 0.3) is 0 Å². The molecular weight excluding hydrogens is 310 g/mol. The van der Waals surface area contributed by atoms with E-state index < -0.39 is 18.2 Å². The summed E-state index contributed by atoms with van der Waals surface area (Å²) in [5.74, 6) is 0.0188. The summed E-state index contributed by atoms with van der Waals surface area (Å²) in [6.07, 6.45) is 3.68. The van der Waals surface area contributed by atoms with Crippen LogP contribution in [0.1, 0.15) is 50.8 Å². The predicted octanol–water partition coefficient (Wildman–Crippen LogP) is 0.0604. The van der Waals surface area contributed by atoms with E-state index in [9.17, 15) is 14.7 Å². The SMILES string of the molecule is CNC(=O)[C@@H]1C[C@@H](O)CN1C(=O)C(C(C)C)n1cc(C2CC2)nn1. The maximum Gasteiger partial charge on any atom is 0.248 e. The van der Waals surface area contributed by atoms with Crippen LogP contribution in [0, 0.1) is 5.92 Å². The molecule has 8 nitrogen and oxygen atoms in total. The Kier molecular flexibility index (Phi) is 4.58. The summed E-state index contributed by atoms with van der Waals surface area (Å²) >= 11 is 0. The van der Waals surface area contributed by atoms with E-state index in [1.165, 1.54) is 11.9 Å². The average molecular weight is 335 g/mol. The van der Waals surface area contributed by atoms with E-state index in [-0.39, 0.29) is 30.7 Å². The van der Waals surface area contributed by atoms with Gasteiger partial charge in [0.1, 0.15) is 12.1 Å². The quantitative estimate of drug-likeness (QED) is 0.792. The number of aromatic nitrogens is 3. The first-order chi connectivity index (χ1) is 11.4. The molecule has 0 spiro atoms. The van der Waals surface area contributed by atoms with Gasteiger partial charge in [0, 0.05) is 32.1 Å². The number of hydrogen-bond donors (Lipinski definition) is 2. The Morgan fingerprint density at radius 1 is 1.38 bits per heavy atom. The highest BCUT2D eigenvalue weighted by molar-refractivity contribution is 5.89. The van der Waals surface area contributed by atoms with Crippen LogP contribution >= 0.6 is 0 Å². The Bertz CT molecular complexity index is 625. The standard InChI is InChI=1S/C16H25N5O3/c1-9(2)14(21-8-12(18-19-21)10-4-5-10)16(24)20-7-11(22)6-13(20)15(23)17-3/h8-11,13-14,22H,4-7H2,1-3H3,(H,17,23)/t11-,13+,14?/m1/s1. The molecule has 3 rings (SSSR count). The number of hydrogen-bond acceptors (Lipinski definition) is 5. The summed E-state index contributed by atoms with van der Waals surface area (Å²) in [5, 5.41) is 20.8. The molecule has 1 unspecified atom stereocenters. The molecule has 8 heteroatoms. The van der Waals surface area contributed by atoms with Gasteiger partial charge in [-0.05, 0) is 18.8 Å². The molecule has 0 aromatic carbocycles. The molecule has 1 aromatic heterocycles. The molecule has 1 aromatic rings. The maximum atomic E-state index is 13.1. The second-order valence-electron chi connectivity index (χ2n) is 7.10. The molecule has 3 atom stereocenters. The molecule has 2 amide bonds. The summed E-state index contributed by atoms with van der Waals surface area (Å²) in [6, 6.07) is -1.16. The van der Waals surface area contributed by atoms with Crippen LogP contribution in [0.3, 0.4) is 0 Å². The number of aliphatic hydroxyl groups excluding tert-OH is 1. The smallest absolute Gasteiger partial charge is 0.248 e. The fraction of sp³-hybridized carbons (Fsp3) is 0.750. The third-order valence-corrected chi connectivity index (χ3v) is 4.80. The zero-order valence-corrected chi connectivity index (χ0v) is 14.3. The Labute approximate surface area is 141 Å². The molecule has 1 saturated carbocycles. The minimum Gasteiger partial charge on any atom is -0.391 e. The van der Waals surface area contributed by atoms with Crippen LogP contribution in [-0.4, -0.2) is 62.6 Å². The van der Waals surface area contributed by atoms with E-state index >= 15 is 0 Å². The van der Waals surface area contributed by atoms with Gasteiger partial charge in [-0.1, -0.05) is 19.1 Å². The normalized spacial score (nSPS) is 25.1. The number of amides is 2. The molecule has 0 bridgehead atoms. The molecule has 1 saturated heterocycles. The van der Waals surface area contributed by atoms with Crippen molar-refractivity contribution in [3.05, 3.63) is 11.9 Å². The largest absolute Gasteiger partial charge is 0.391 e. The van der Waals surface area contributed by atoms with Gasteiger partial charge in [-0.25, -0.2) is 4.68 Å². The Balaban J connectivity index is 1.84. The molecule has 24 heavy (non-hydrogen) atoms. The fourth-order valence-corrected chi connectivity index (χ4v) is 3.34. The van der Waals surface area contributed by atoms with E-state index in [0.29, 0.717) is 5.92 Å². The number of nitrogens with zero attached hydrogens (tertiary/aromatic N) is 4. The highest BCUT2D eigenvalue weighted by Gasteiger charge is 2.42. The van der Waals surface area contributed by atoms with E-state index in [2.05, 4.69) is 15.6 Å². The van der Waals surface area contributed by atoms with Crippen LogP contribution in [0.2, 0.25) is 0 Å². The van der Waals surface area contributed by atoms with Crippen molar-refractivity contribution in [2.24, 2.45) is 5.92 Å². The van der Waals surface area contributed by atoms with E-state index in [1.54, 1.807) is 4.68 Å². The van der Waals surface area contributed by atoms with Crippen molar-refractivity contribution in [1.29, 1.82) is 0 Å². The first kappa shape index (κ1) is 16.9. The molecule has 1 aliphatic heterocycles. The Morgan fingerprint density at radius 2 is 2.08 bits per heavy atom. The molecular formula is C16H25N5O3. The number of carbonyl (C=O) groups is 2. The zero-order valence-electron chi connectivity index (χ0n) is 14.3. The lowest BCUT2D eigenvalue weighted by molar-refractivity contribution is -0.142. The van der Waals surface area contributed by atoms with Crippen molar-refractivity contribution in [3.8, 4) is 0 Å². The molecule has 132 valence electrons. The van der Waals surface area contributed by atoms with Crippen LogP contribution in [-0.2, 0) is 9.59 Å². The van der Waals surface area contributed by atoms with Crippen molar-refractivity contribution < 1.29 is 14.7 Å². The topological polar surface area (TPSA) is 100 Å². The monoisotopic (exact) mass is 335 g/mol. The van der Waals surface area contributed by atoms with Crippen LogP contribution < -0.4 is 5.32 Å². The van der Waals surface area contributed by atoms with Gasteiger partial charge in [0.05, 0.1) is 11.8 Å². The van der Waals surface area contributed by atoms with Crippen molar-refractivity contribution in [1.82, 2.24) is 25.2 Å². The van der Waals surface area contributed by atoms with E-state index in [4.69, 9.17) is 0 Å². The number of likely N-dealkylation sites (N-methyl/N-ethyl adjacent to an activating group) is 1. The van der Waals surface area contributed by atoms with Gasteiger partial charge in [-0.3, -0.25) is 9.59 Å². The highest BCUT2D eigenvalue weighted by atomic mass is 16.3. The number of nitrogens with one attached hydrogen (secondary N) is 1. The van der Waals surface area contributed by atoms with Gasteiger partial charge < -0.3 is 15.3 Å². The van der Waals surface area contributed by atoms with Crippen molar-refractivity contribution >= 4 is 11.8 Å². The van der Waals surface area contributed by atoms with E-state index in [0.717, 1.165) is 18.5 Å². The summed E-state index contributed by atoms with van der Waals surface area (Å²) in [5.41, 5.74) is 0.928. The lowest BCUT2D eigenvalue weighted by Gasteiger charge is -2.29. The first-order valence-electron chi connectivity index (χ1n) is 8.54. The van der Waals surface area contributed by atoms with Gasteiger partial charge in [0.2, 0.25) is 11.8 Å². The molecule has 1 aliphatic carbocycles. The first-order valence-corrected chi connectivity index (χ1v) is 8.54. The van der Waals surface area contributed by atoms with Gasteiger partial charge in [0.15, 0.2) is 0 Å². The number of carbonyl (C=O) groups excluding carboxylic acids is 2. The van der Waals surface area contributed by atoms with Crippen molar-refractivity contribution in [2.45, 2.75) is 57.2 Å². The Morgan fingerprint density at radius 3 is 2.67 bits per heavy atom. The van der Waals surface area contributed by atoms with E-state index in [1.807, 2.05) is 20.0 Å². The molecule has 2 aliphatic rings. The van der Waals surface area contributed by atoms with Gasteiger partial charge >= 0.3 is 0 Å². The Hall–Kier alpha value is -1.96. The second kappa shape index (κ2) is 6.51. The minimum atomic E-state index is -0.679. The fourth-order valence-electron chi connectivity index (χ4n) is 3.34. The lowest BCUT2D eigenvalue weighted by Crippen LogP contribution is -2.48. The molecule has 2 fully saturated rings. The van der Waals surface area contributed by atoms with Crippen LogP contribution in [0.15, 0.2) is 6.20 Å². The maximum absolute atomic E-state index is 13.1. The number of aliphatic hydroxyl groups is 1. The summed E-state index contributed by atoms with van der Waals surface area (Å²) in [7, 11) is 1.54. The third kappa shape index (κ3) is 3.15. The molecule has 2 heterocycles. The lowest BCUT2D eigenvalue weighted by atomic mass is 10.0. The third-order valence-electron chi connectivity index (χ3n) is 4.80. The number of β-amino-alcohol motifs (C(OH)–C–C–N with tert-alkyl or cyclic N) is 1. The highest BCUT2D eigenvalue weighted by Crippen LogP contribution is 2.39. The molecule has 0 radical (unpaired) electrons. The van der Waals surface area contributed by atoms with Crippen LogP contribution in [0.25, 0.3) is 0 Å². The van der Waals surface area contributed by atoms with Crippen molar-refractivity contribution in [2.75, 3.05) is 13.6 Å².